The molecule has 0 bridgehead atoms. The van der Waals surface area contributed by atoms with Gasteiger partial charge in [0.15, 0.2) is 0 Å². The van der Waals surface area contributed by atoms with E-state index in [1.54, 1.807) is 12.4 Å². The number of anilines is 1. The lowest BCUT2D eigenvalue weighted by Crippen LogP contribution is -2.30. The molecule has 4 heteroatoms. The average Bonchev–Trinajstić information content (AvgIpc) is 2.49. The zero-order valence-electron chi connectivity index (χ0n) is 11.7. The SMILES string of the molecule is Cc1ccncc1NC(=O)C(C)C(N)c1ccccc1. The Morgan fingerprint density at radius 2 is 1.95 bits per heavy atom. The van der Waals surface area contributed by atoms with Gasteiger partial charge in [0.1, 0.15) is 0 Å². The molecule has 1 aromatic heterocycles. The number of nitrogens with one attached hydrogen (secondary N) is 1. The van der Waals surface area contributed by atoms with E-state index in [4.69, 9.17) is 5.73 Å². The fourth-order valence-corrected chi connectivity index (χ4v) is 1.97. The number of benzene rings is 1. The van der Waals surface area contributed by atoms with E-state index in [0.717, 1.165) is 16.8 Å². The lowest BCUT2D eigenvalue weighted by Gasteiger charge is -2.20. The molecule has 4 nitrogen and oxygen atoms in total. The number of nitrogens with zero attached hydrogens (tertiary/aromatic N) is 1. The van der Waals surface area contributed by atoms with Gasteiger partial charge >= 0.3 is 0 Å². The van der Waals surface area contributed by atoms with E-state index in [1.807, 2.05) is 50.2 Å². The standard InChI is InChI=1S/C16H19N3O/c1-11-8-9-18-10-14(11)19-16(20)12(2)15(17)13-6-4-3-5-7-13/h3-10,12,15H,17H2,1-2H3,(H,19,20). The van der Waals surface area contributed by atoms with E-state index >= 15 is 0 Å². The Morgan fingerprint density at radius 3 is 2.60 bits per heavy atom. The Kier molecular flexibility index (Phi) is 4.48. The first-order valence-electron chi connectivity index (χ1n) is 6.61. The molecule has 2 aromatic rings. The quantitative estimate of drug-likeness (QED) is 0.896. The fourth-order valence-electron chi connectivity index (χ4n) is 1.97. The summed E-state index contributed by atoms with van der Waals surface area (Å²) in [4.78, 5) is 16.3. The number of pyridine rings is 1. The van der Waals surface area contributed by atoms with Crippen LogP contribution in [0.4, 0.5) is 5.69 Å². The molecule has 3 N–H and O–H groups in total. The number of rotatable bonds is 4. The van der Waals surface area contributed by atoms with Crippen LogP contribution in [-0.2, 0) is 4.79 Å². The van der Waals surface area contributed by atoms with Crippen molar-refractivity contribution in [2.24, 2.45) is 11.7 Å². The van der Waals surface area contributed by atoms with E-state index in [0.29, 0.717) is 0 Å². The van der Waals surface area contributed by atoms with E-state index in [1.165, 1.54) is 0 Å². The number of hydrogen-bond donors (Lipinski definition) is 2. The molecular weight excluding hydrogens is 250 g/mol. The maximum atomic E-state index is 12.3. The Bertz CT molecular complexity index is 583. The molecule has 2 unspecified atom stereocenters. The highest BCUT2D eigenvalue weighted by atomic mass is 16.1. The number of nitrogens with two attached hydrogens (primary N) is 1. The second-order valence-electron chi connectivity index (χ2n) is 4.90. The van der Waals surface area contributed by atoms with Crippen LogP contribution < -0.4 is 11.1 Å². The molecule has 0 spiro atoms. The molecule has 104 valence electrons. The third-order valence-electron chi connectivity index (χ3n) is 3.43. The van der Waals surface area contributed by atoms with Gasteiger partial charge in [-0.3, -0.25) is 9.78 Å². The summed E-state index contributed by atoms with van der Waals surface area (Å²) in [6.07, 6.45) is 3.35. The summed E-state index contributed by atoms with van der Waals surface area (Å²) in [6, 6.07) is 11.2. The van der Waals surface area contributed by atoms with Gasteiger partial charge in [-0.1, -0.05) is 37.3 Å². The normalized spacial score (nSPS) is 13.6. The summed E-state index contributed by atoms with van der Waals surface area (Å²) in [5.41, 5.74) is 8.82. The number of hydrogen-bond acceptors (Lipinski definition) is 3. The largest absolute Gasteiger partial charge is 0.324 e. The number of aryl methyl sites for hydroxylation is 1. The first-order chi connectivity index (χ1) is 9.59. The van der Waals surface area contributed by atoms with Gasteiger partial charge in [-0.15, -0.1) is 0 Å². The molecule has 1 amide bonds. The summed E-state index contributed by atoms with van der Waals surface area (Å²) in [6.45, 7) is 3.76. The minimum absolute atomic E-state index is 0.0996. The number of aromatic nitrogens is 1. The predicted octanol–water partition coefficient (Wildman–Crippen LogP) is 2.66. The van der Waals surface area contributed by atoms with Crippen molar-refractivity contribution < 1.29 is 4.79 Å². The summed E-state index contributed by atoms with van der Waals surface area (Å²) >= 11 is 0. The van der Waals surface area contributed by atoms with Crippen molar-refractivity contribution >= 4 is 11.6 Å². The molecule has 1 heterocycles. The molecular formula is C16H19N3O. The third kappa shape index (κ3) is 3.22. The van der Waals surface area contributed by atoms with Crippen LogP contribution in [0, 0.1) is 12.8 Å². The Labute approximate surface area is 119 Å². The van der Waals surface area contributed by atoms with Crippen LogP contribution in [0.25, 0.3) is 0 Å². The van der Waals surface area contributed by atoms with Crippen molar-refractivity contribution in [2.45, 2.75) is 19.9 Å². The lowest BCUT2D eigenvalue weighted by atomic mass is 9.94. The van der Waals surface area contributed by atoms with Crippen molar-refractivity contribution in [1.29, 1.82) is 0 Å². The Hall–Kier alpha value is -2.20. The molecule has 0 saturated carbocycles. The zero-order valence-corrected chi connectivity index (χ0v) is 11.7. The second kappa shape index (κ2) is 6.30. The molecule has 0 radical (unpaired) electrons. The fraction of sp³-hybridized carbons (Fsp3) is 0.250. The first-order valence-corrected chi connectivity index (χ1v) is 6.61. The van der Waals surface area contributed by atoms with Crippen LogP contribution in [-0.4, -0.2) is 10.9 Å². The molecule has 1 aromatic carbocycles. The van der Waals surface area contributed by atoms with Crippen LogP contribution in [0.1, 0.15) is 24.1 Å². The van der Waals surface area contributed by atoms with Crippen LogP contribution in [0.15, 0.2) is 48.8 Å². The topological polar surface area (TPSA) is 68.0 Å². The van der Waals surface area contributed by atoms with Gasteiger partial charge in [0, 0.05) is 12.2 Å². The summed E-state index contributed by atoms with van der Waals surface area (Å²) in [5.74, 6) is -0.422. The van der Waals surface area contributed by atoms with Gasteiger partial charge in [0.25, 0.3) is 0 Å². The predicted molar refractivity (Wildman–Crippen MR) is 80.1 cm³/mol. The zero-order chi connectivity index (χ0) is 14.5. The van der Waals surface area contributed by atoms with Crippen LogP contribution in [0.3, 0.4) is 0 Å². The maximum absolute atomic E-state index is 12.3. The van der Waals surface area contributed by atoms with E-state index < -0.39 is 0 Å². The van der Waals surface area contributed by atoms with Crippen molar-refractivity contribution in [3.8, 4) is 0 Å². The van der Waals surface area contributed by atoms with E-state index in [-0.39, 0.29) is 17.9 Å². The van der Waals surface area contributed by atoms with Gasteiger partial charge in [0.2, 0.25) is 5.91 Å². The van der Waals surface area contributed by atoms with Gasteiger partial charge in [-0.2, -0.15) is 0 Å². The van der Waals surface area contributed by atoms with E-state index in [9.17, 15) is 4.79 Å². The van der Waals surface area contributed by atoms with Gasteiger partial charge in [-0.25, -0.2) is 0 Å². The molecule has 2 atom stereocenters. The third-order valence-corrected chi connectivity index (χ3v) is 3.43. The highest BCUT2D eigenvalue weighted by Crippen LogP contribution is 2.21. The Balaban J connectivity index is 2.08. The van der Waals surface area contributed by atoms with Crippen LogP contribution >= 0.6 is 0 Å². The molecule has 20 heavy (non-hydrogen) atoms. The summed E-state index contributed by atoms with van der Waals surface area (Å²) < 4.78 is 0. The average molecular weight is 269 g/mol. The molecule has 0 saturated heterocycles. The van der Waals surface area contributed by atoms with Crippen molar-refractivity contribution in [1.82, 2.24) is 4.98 Å². The number of amides is 1. The van der Waals surface area contributed by atoms with Crippen molar-refractivity contribution in [2.75, 3.05) is 5.32 Å². The van der Waals surface area contributed by atoms with Crippen LogP contribution in [0.5, 0.6) is 0 Å². The minimum Gasteiger partial charge on any atom is -0.324 e. The second-order valence-corrected chi connectivity index (χ2v) is 4.90. The lowest BCUT2D eigenvalue weighted by molar-refractivity contribution is -0.120. The minimum atomic E-state index is -0.326. The highest BCUT2D eigenvalue weighted by molar-refractivity contribution is 5.93. The van der Waals surface area contributed by atoms with Gasteiger partial charge in [0.05, 0.1) is 17.8 Å². The summed E-state index contributed by atoms with van der Waals surface area (Å²) in [7, 11) is 0. The van der Waals surface area contributed by atoms with Crippen molar-refractivity contribution in [3.63, 3.8) is 0 Å². The first kappa shape index (κ1) is 14.2. The molecule has 0 aliphatic heterocycles. The Morgan fingerprint density at radius 1 is 1.25 bits per heavy atom. The van der Waals surface area contributed by atoms with Gasteiger partial charge < -0.3 is 11.1 Å². The van der Waals surface area contributed by atoms with Gasteiger partial charge in [-0.05, 0) is 24.1 Å². The van der Waals surface area contributed by atoms with Crippen LogP contribution in [0.2, 0.25) is 0 Å². The summed E-state index contributed by atoms with van der Waals surface area (Å²) in [5, 5.41) is 2.88. The number of carbonyl (C=O) groups is 1. The number of carbonyl (C=O) groups excluding carboxylic acids is 1. The van der Waals surface area contributed by atoms with E-state index in [2.05, 4.69) is 10.3 Å². The monoisotopic (exact) mass is 269 g/mol. The molecule has 0 fully saturated rings. The smallest absolute Gasteiger partial charge is 0.229 e. The molecule has 0 aliphatic carbocycles. The van der Waals surface area contributed by atoms with Crippen molar-refractivity contribution in [3.05, 3.63) is 59.9 Å². The molecule has 2 rings (SSSR count). The highest BCUT2D eigenvalue weighted by Gasteiger charge is 2.22. The molecule has 0 aliphatic rings. The maximum Gasteiger partial charge on any atom is 0.229 e.